The molecule has 3 atom stereocenters. The molecule has 148 valence electrons. The maximum atomic E-state index is 11.2. The van der Waals surface area contributed by atoms with Crippen molar-refractivity contribution in [3.63, 3.8) is 0 Å². The standard InChI is InChI=1S/C20H33NO5/c1-6-14(12-15(21)20(22)23)13(5)18-16(24-7-2)10-11-17(25-8-3)19(18)26-9-4/h10-11,13-15H,6-9,12,21H2,1-5H3,(H,22,23). The fourth-order valence-corrected chi connectivity index (χ4v) is 3.22. The van der Waals surface area contributed by atoms with Crippen LogP contribution in [0.25, 0.3) is 0 Å². The van der Waals surface area contributed by atoms with Gasteiger partial charge >= 0.3 is 5.97 Å². The molecule has 1 aromatic carbocycles. The Kier molecular flexibility index (Phi) is 9.27. The summed E-state index contributed by atoms with van der Waals surface area (Å²) in [6.45, 7) is 11.5. The Hall–Kier alpha value is -1.95. The molecule has 1 aromatic rings. The van der Waals surface area contributed by atoms with Crippen molar-refractivity contribution in [1.82, 2.24) is 0 Å². The minimum atomic E-state index is -0.978. The van der Waals surface area contributed by atoms with Crippen LogP contribution in [0.15, 0.2) is 12.1 Å². The van der Waals surface area contributed by atoms with Gasteiger partial charge < -0.3 is 25.1 Å². The van der Waals surface area contributed by atoms with E-state index in [1.165, 1.54) is 0 Å². The summed E-state index contributed by atoms with van der Waals surface area (Å²) >= 11 is 0. The first-order valence-electron chi connectivity index (χ1n) is 9.44. The van der Waals surface area contributed by atoms with Crippen molar-refractivity contribution in [2.24, 2.45) is 11.7 Å². The van der Waals surface area contributed by atoms with E-state index in [0.29, 0.717) is 37.7 Å². The van der Waals surface area contributed by atoms with Gasteiger partial charge in [-0.05, 0) is 51.2 Å². The summed E-state index contributed by atoms with van der Waals surface area (Å²) in [6, 6.07) is 2.87. The molecule has 0 fully saturated rings. The van der Waals surface area contributed by atoms with Crippen molar-refractivity contribution < 1.29 is 24.1 Å². The highest BCUT2D eigenvalue weighted by atomic mass is 16.5. The van der Waals surface area contributed by atoms with Crippen molar-refractivity contribution >= 4 is 5.97 Å². The third-order valence-electron chi connectivity index (χ3n) is 4.57. The van der Waals surface area contributed by atoms with E-state index in [2.05, 4.69) is 6.92 Å². The molecule has 0 aliphatic rings. The van der Waals surface area contributed by atoms with Gasteiger partial charge in [0.25, 0.3) is 0 Å². The molecule has 26 heavy (non-hydrogen) atoms. The second kappa shape index (κ2) is 10.9. The Bertz CT molecular complexity index is 576. The summed E-state index contributed by atoms with van der Waals surface area (Å²) in [4.78, 5) is 11.2. The normalized spacial score (nSPS) is 14.4. The second-order valence-electron chi connectivity index (χ2n) is 6.24. The predicted molar refractivity (Wildman–Crippen MR) is 102 cm³/mol. The lowest BCUT2D eigenvalue weighted by atomic mass is 9.81. The Morgan fingerprint density at radius 1 is 1.04 bits per heavy atom. The quantitative estimate of drug-likeness (QED) is 0.584. The molecule has 0 saturated carbocycles. The number of carbonyl (C=O) groups is 1. The number of ether oxygens (including phenoxy) is 3. The number of benzene rings is 1. The summed E-state index contributed by atoms with van der Waals surface area (Å²) in [5, 5.41) is 9.18. The molecule has 6 heteroatoms. The highest BCUT2D eigenvalue weighted by molar-refractivity contribution is 5.73. The molecule has 0 aromatic heterocycles. The Morgan fingerprint density at radius 3 is 2.08 bits per heavy atom. The van der Waals surface area contributed by atoms with Crippen molar-refractivity contribution in [3.8, 4) is 17.2 Å². The van der Waals surface area contributed by atoms with Crippen LogP contribution < -0.4 is 19.9 Å². The van der Waals surface area contributed by atoms with Crippen LogP contribution in [0.4, 0.5) is 0 Å². The number of carboxylic acids is 1. The zero-order valence-corrected chi connectivity index (χ0v) is 16.6. The first kappa shape index (κ1) is 22.1. The number of nitrogens with two attached hydrogens (primary N) is 1. The molecule has 3 N–H and O–H groups in total. The summed E-state index contributed by atoms with van der Waals surface area (Å²) in [5.41, 5.74) is 6.71. The van der Waals surface area contributed by atoms with Crippen molar-refractivity contribution in [1.29, 1.82) is 0 Å². The van der Waals surface area contributed by atoms with E-state index in [9.17, 15) is 9.90 Å². The molecule has 0 bridgehead atoms. The predicted octanol–water partition coefficient (Wildman–Crippen LogP) is 3.81. The number of hydrogen-bond donors (Lipinski definition) is 2. The second-order valence-corrected chi connectivity index (χ2v) is 6.24. The molecule has 3 unspecified atom stereocenters. The highest BCUT2D eigenvalue weighted by Gasteiger charge is 2.29. The average Bonchev–Trinajstić information content (AvgIpc) is 2.61. The van der Waals surface area contributed by atoms with E-state index in [4.69, 9.17) is 19.9 Å². The van der Waals surface area contributed by atoms with E-state index in [1.54, 1.807) is 0 Å². The molecule has 1 rings (SSSR count). The zero-order chi connectivity index (χ0) is 19.7. The van der Waals surface area contributed by atoms with Gasteiger partial charge in [0.15, 0.2) is 11.5 Å². The molecule has 6 nitrogen and oxygen atoms in total. The summed E-state index contributed by atoms with van der Waals surface area (Å²) < 4.78 is 17.5. The van der Waals surface area contributed by atoms with Gasteiger partial charge in [-0.15, -0.1) is 0 Å². The molecular weight excluding hydrogens is 334 g/mol. The van der Waals surface area contributed by atoms with Crippen LogP contribution >= 0.6 is 0 Å². The van der Waals surface area contributed by atoms with Crippen LogP contribution in [0.2, 0.25) is 0 Å². The number of aliphatic carboxylic acids is 1. The first-order chi connectivity index (χ1) is 12.4. The summed E-state index contributed by atoms with van der Waals surface area (Å²) in [5.74, 6) is 1.21. The zero-order valence-electron chi connectivity index (χ0n) is 16.6. The monoisotopic (exact) mass is 367 g/mol. The van der Waals surface area contributed by atoms with Gasteiger partial charge in [0.2, 0.25) is 0 Å². The lowest BCUT2D eigenvalue weighted by Gasteiger charge is -2.28. The van der Waals surface area contributed by atoms with E-state index < -0.39 is 12.0 Å². The fourth-order valence-electron chi connectivity index (χ4n) is 3.22. The fraction of sp³-hybridized carbons (Fsp3) is 0.650. The largest absolute Gasteiger partial charge is 0.493 e. The van der Waals surface area contributed by atoms with Crippen molar-refractivity contribution in [3.05, 3.63) is 17.7 Å². The van der Waals surface area contributed by atoms with Crippen LogP contribution in [0, 0.1) is 5.92 Å². The van der Waals surface area contributed by atoms with Gasteiger partial charge in [-0.3, -0.25) is 4.79 Å². The number of rotatable bonds is 12. The maximum absolute atomic E-state index is 11.2. The van der Waals surface area contributed by atoms with E-state index >= 15 is 0 Å². The molecular formula is C20H33NO5. The first-order valence-corrected chi connectivity index (χ1v) is 9.44. The van der Waals surface area contributed by atoms with Crippen LogP contribution in [0.5, 0.6) is 17.2 Å². The van der Waals surface area contributed by atoms with Crippen LogP contribution in [0.3, 0.4) is 0 Å². The Morgan fingerprint density at radius 2 is 1.58 bits per heavy atom. The molecule has 0 radical (unpaired) electrons. The van der Waals surface area contributed by atoms with Gasteiger partial charge in [-0.25, -0.2) is 0 Å². The minimum Gasteiger partial charge on any atom is -0.493 e. The summed E-state index contributed by atoms with van der Waals surface area (Å²) in [6.07, 6.45) is 1.20. The molecule has 0 amide bonds. The Labute approximate surface area is 156 Å². The SMILES string of the molecule is CCOc1ccc(OCC)c(C(C)C(CC)CC(N)C(=O)O)c1OCC. The van der Waals surface area contributed by atoms with Gasteiger partial charge in [0, 0.05) is 5.56 Å². The smallest absolute Gasteiger partial charge is 0.320 e. The number of hydrogen-bond acceptors (Lipinski definition) is 5. The molecule has 0 saturated heterocycles. The highest BCUT2D eigenvalue weighted by Crippen LogP contribution is 2.46. The van der Waals surface area contributed by atoms with E-state index in [-0.39, 0.29) is 11.8 Å². The summed E-state index contributed by atoms with van der Waals surface area (Å²) in [7, 11) is 0. The maximum Gasteiger partial charge on any atom is 0.320 e. The van der Waals surface area contributed by atoms with Crippen LogP contribution in [-0.2, 0) is 4.79 Å². The van der Waals surface area contributed by atoms with Gasteiger partial charge in [0.05, 0.1) is 19.8 Å². The number of carboxylic acid groups (broad SMARTS) is 1. The average molecular weight is 367 g/mol. The molecule has 0 aliphatic heterocycles. The van der Waals surface area contributed by atoms with Gasteiger partial charge in [-0.1, -0.05) is 20.3 Å². The van der Waals surface area contributed by atoms with Crippen molar-refractivity contribution in [2.75, 3.05) is 19.8 Å². The van der Waals surface area contributed by atoms with Crippen molar-refractivity contribution in [2.45, 2.75) is 59.4 Å². The molecule has 0 spiro atoms. The lowest BCUT2D eigenvalue weighted by Crippen LogP contribution is -2.33. The minimum absolute atomic E-state index is 0.00825. The third kappa shape index (κ3) is 5.53. The third-order valence-corrected chi connectivity index (χ3v) is 4.57. The molecule has 0 aliphatic carbocycles. The van der Waals surface area contributed by atoms with E-state index in [0.717, 1.165) is 17.7 Å². The topological polar surface area (TPSA) is 91.0 Å². The van der Waals surface area contributed by atoms with Crippen LogP contribution in [-0.4, -0.2) is 36.9 Å². The lowest BCUT2D eigenvalue weighted by molar-refractivity contribution is -0.139. The molecule has 0 heterocycles. The van der Waals surface area contributed by atoms with Gasteiger partial charge in [-0.2, -0.15) is 0 Å². The van der Waals surface area contributed by atoms with E-state index in [1.807, 2.05) is 39.8 Å². The van der Waals surface area contributed by atoms with Gasteiger partial charge in [0.1, 0.15) is 11.8 Å². The Balaban J connectivity index is 3.38. The van der Waals surface area contributed by atoms with Crippen LogP contribution in [0.1, 0.15) is 58.9 Å².